The molecule has 3 rings (SSSR count). The van der Waals surface area contributed by atoms with Gasteiger partial charge in [-0.2, -0.15) is 0 Å². The summed E-state index contributed by atoms with van der Waals surface area (Å²) in [6, 6.07) is 8.36. The molecule has 0 saturated heterocycles. The number of rotatable bonds is 8. The van der Waals surface area contributed by atoms with Crippen molar-refractivity contribution in [3.63, 3.8) is 0 Å². The Labute approximate surface area is 135 Å². The van der Waals surface area contributed by atoms with Gasteiger partial charge in [0.2, 0.25) is 5.91 Å². The summed E-state index contributed by atoms with van der Waals surface area (Å²) < 4.78 is 1.24. The second-order valence-corrected chi connectivity index (χ2v) is 7.20. The average Bonchev–Trinajstić information content (AvgIpc) is 3.29. The Balaban J connectivity index is 1.33. The molecular weight excluding hydrogens is 294 g/mol. The minimum Gasteiger partial charge on any atom is -0.355 e. The molecule has 1 aliphatic rings. The molecule has 0 aliphatic heterocycles. The maximum Gasteiger partial charge on any atom is 0.220 e. The second-order valence-electron chi connectivity index (χ2n) is 6.09. The number of nitrogens with zero attached hydrogens (tertiary/aromatic N) is 1. The van der Waals surface area contributed by atoms with Crippen molar-refractivity contribution >= 4 is 27.5 Å². The van der Waals surface area contributed by atoms with Crippen LogP contribution in [0.3, 0.4) is 0 Å². The molecular formula is C17H23N3OS. The van der Waals surface area contributed by atoms with E-state index in [4.69, 9.17) is 5.73 Å². The molecule has 2 aromatic rings. The van der Waals surface area contributed by atoms with E-state index in [0.29, 0.717) is 18.9 Å². The van der Waals surface area contributed by atoms with Gasteiger partial charge in [-0.15, -0.1) is 11.3 Å². The molecule has 4 nitrogen and oxygen atoms in total. The maximum atomic E-state index is 11.8. The minimum atomic E-state index is 0.125. The van der Waals surface area contributed by atoms with Crippen molar-refractivity contribution in [1.29, 1.82) is 0 Å². The number of amides is 1. The Morgan fingerprint density at radius 3 is 2.95 bits per heavy atom. The molecule has 1 unspecified atom stereocenters. The molecule has 1 aliphatic carbocycles. The van der Waals surface area contributed by atoms with Gasteiger partial charge < -0.3 is 11.1 Å². The highest BCUT2D eigenvalue weighted by atomic mass is 32.1. The van der Waals surface area contributed by atoms with Gasteiger partial charge in [-0.3, -0.25) is 4.79 Å². The highest BCUT2D eigenvalue weighted by Crippen LogP contribution is 2.31. The van der Waals surface area contributed by atoms with Crippen LogP contribution in [0.1, 0.15) is 37.1 Å². The maximum absolute atomic E-state index is 11.8. The number of unbranched alkanes of at least 4 members (excludes halogenated alkanes) is 1. The van der Waals surface area contributed by atoms with Gasteiger partial charge in [-0.05, 0) is 50.2 Å². The first kappa shape index (κ1) is 15.4. The molecule has 0 bridgehead atoms. The van der Waals surface area contributed by atoms with Gasteiger partial charge in [0.05, 0.1) is 15.2 Å². The van der Waals surface area contributed by atoms with Crippen molar-refractivity contribution in [1.82, 2.24) is 10.3 Å². The second kappa shape index (κ2) is 7.20. The largest absolute Gasteiger partial charge is 0.355 e. The SMILES string of the molecule is NC(CNC(=O)CCCCc1nc2ccccc2s1)C1CC1. The standard InChI is InChI=1S/C17H23N3OS/c18-13(12-9-10-12)11-19-16(21)7-3-4-8-17-20-14-5-1-2-6-15(14)22-17/h1-2,5-6,12-13H,3-4,7-11,18H2,(H,19,21). The zero-order chi connectivity index (χ0) is 15.4. The van der Waals surface area contributed by atoms with Gasteiger partial charge in [0.1, 0.15) is 0 Å². The molecule has 1 heterocycles. The van der Waals surface area contributed by atoms with E-state index in [1.54, 1.807) is 11.3 Å². The first-order chi connectivity index (χ1) is 10.7. The third-order valence-corrected chi connectivity index (χ3v) is 5.24. The number of carbonyl (C=O) groups is 1. The van der Waals surface area contributed by atoms with Crippen molar-refractivity contribution in [2.24, 2.45) is 11.7 Å². The number of para-hydroxylation sites is 1. The van der Waals surface area contributed by atoms with E-state index in [-0.39, 0.29) is 11.9 Å². The lowest BCUT2D eigenvalue weighted by Crippen LogP contribution is -2.38. The lowest BCUT2D eigenvalue weighted by Gasteiger charge is -2.11. The highest BCUT2D eigenvalue weighted by molar-refractivity contribution is 7.18. The van der Waals surface area contributed by atoms with Gasteiger partial charge in [0.15, 0.2) is 0 Å². The predicted molar refractivity (Wildman–Crippen MR) is 90.9 cm³/mol. The number of fused-ring (bicyclic) bond motifs is 1. The molecule has 1 aromatic carbocycles. The fourth-order valence-corrected chi connectivity index (χ4v) is 3.61. The topological polar surface area (TPSA) is 68.0 Å². The molecule has 118 valence electrons. The number of hydrogen-bond acceptors (Lipinski definition) is 4. The number of aromatic nitrogens is 1. The summed E-state index contributed by atoms with van der Waals surface area (Å²) in [5, 5.41) is 4.11. The van der Waals surface area contributed by atoms with E-state index >= 15 is 0 Å². The molecule has 5 heteroatoms. The molecule has 1 amide bonds. The summed E-state index contributed by atoms with van der Waals surface area (Å²) in [7, 11) is 0. The Bertz CT molecular complexity index is 603. The van der Waals surface area contributed by atoms with E-state index in [1.165, 1.54) is 17.5 Å². The molecule has 3 N–H and O–H groups in total. The van der Waals surface area contributed by atoms with Gasteiger partial charge in [0, 0.05) is 19.0 Å². The van der Waals surface area contributed by atoms with Crippen LogP contribution in [0, 0.1) is 5.92 Å². The van der Waals surface area contributed by atoms with Crippen LogP contribution < -0.4 is 11.1 Å². The van der Waals surface area contributed by atoms with Crippen LogP contribution in [0.25, 0.3) is 10.2 Å². The third kappa shape index (κ3) is 4.27. The normalized spacial score (nSPS) is 15.9. The fourth-order valence-electron chi connectivity index (χ4n) is 2.60. The first-order valence-electron chi connectivity index (χ1n) is 8.09. The van der Waals surface area contributed by atoms with Crippen LogP contribution in [0.2, 0.25) is 0 Å². The Morgan fingerprint density at radius 1 is 1.36 bits per heavy atom. The fraction of sp³-hybridized carbons (Fsp3) is 0.529. The molecule has 1 saturated carbocycles. The Morgan fingerprint density at radius 2 is 2.18 bits per heavy atom. The number of benzene rings is 1. The van der Waals surface area contributed by atoms with E-state index < -0.39 is 0 Å². The van der Waals surface area contributed by atoms with E-state index in [1.807, 2.05) is 18.2 Å². The molecule has 22 heavy (non-hydrogen) atoms. The molecule has 0 spiro atoms. The van der Waals surface area contributed by atoms with Crippen LogP contribution in [0.4, 0.5) is 0 Å². The van der Waals surface area contributed by atoms with Crippen molar-refractivity contribution in [3.05, 3.63) is 29.3 Å². The number of nitrogens with two attached hydrogens (primary N) is 1. The van der Waals surface area contributed by atoms with Crippen molar-refractivity contribution in [2.45, 2.75) is 44.6 Å². The van der Waals surface area contributed by atoms with Crippen LogP contribution in [-0.2, 0) is 11.2 Å². The van der Waals surface area contributed by atoms with Gasteiger partial charge in [-0.25, -0.2) is 4.98 Å². The molecule has 1 atom stereocenters. The van der Waals surface area contributed by atoms with E-state index in [9.17, 15) is 4.79 Å². The Hall–Kier alpha value is -1.46. The number of carbonyl (C=O) groups excluding carboxylic acids is 1. The summed E-state index contributed by atoms with van der Waals surface area (Å²) in [6.45, 7) is 0.626. The zero-order valence-corrected chi connectivity index (χ0v) is 13.6. The van der Waals surface area contributed by atoms with Gasteiger partial charge in [0.25, 0.3) is 0 Å². The highest BCUT2D eigenvalue weighted by Gasteiger charge is 2.28. The van der Waals surface area contributed by atoms with Crippen molar-refractivity contribution < 1.29 is 4.79 Å². The zero-order valence-electron chi connectivity index (χ0n) is 12.8. The summed E-state index contributed by atoms with van der Waals surface area (Å²) in [5.41, 5.74) is 7.05. The summed E-state index contributed by atoms with van der Waals surface area (Å²) >= 11 is 1.75. The monoisotopic (exact) mass is 317 g/mol. The predicted octanol–water partition coefficient (Wildman–Crippen LogP) is 2.86. The van der Waals surface area contributed by atoms with Crippen LogP contribution in [0.5, 0.6) is 0 Å². The minimum absolute atomic E-state index is 0.125. The Kier molecular flexibility index (Phi) is 5.05. The third-order valence-electron chi connectivity index (χ3n) is 4.15. The average molecular weight is 317 g/mol. The van der Waals surface area contributed by atoms with E-state index in [2.05, 4.69) is 16.4 Å². The number of aryl methyl sites for hydroxylation is 1. The van der Waals surface area contributed by atoms with Gasteiger partial charge in [-0.1, -0.05) is 12.1 Å². The number of hydrogen-bond donors (Lipinski definition) is 2. The van der Waals surface area contributed by atoms with Crippen molar-refractivity contribution in [3.8, 4) is 0 Å². The van der Waals surface area contributed by atoms with Crippen LogP contribution in [-0.4, -0.2) is 23.5 Å². The van der Waals surface area contributed by atoms with Crippen molar-refractivity contribution in [2.75, 3.05) is 6.54 Å². The first-order valence-corrected chi connectivity index (χ1v) is 8.91. The van der Waals surface area contributed by atoms with Crippen LogP contribution in [0.15, 0.2) is 24.3 Å². The smallest absolute Gasteiger partial charge is 0.220 e. The molecule has 1 fully saturated rings. The lowest BCUT2D eigenvalue weighted by atomic mass is 10.1. The molecule has 1 aromatic heterocycles. The number of nitrogens with one attached hydrogen (secondary N) is 1. The van der Waals surface area contributed by atoms with Crippen LogP contribution >= 0.6 is 11.3 Å². The number of thiazole rings is 1. The molecule has 0 radical (unpaired) electrons. The summed E-state index contributed by atoms with van der Waals surface area (Å²) in [5.74, 6) is 0.764. The summed E-state index contributed by atoms with van der Waals surface area (Å²) in [6.07, 6.45) is 5.89. The lowest BCUT2D eigenvalue weighted by molar-refractivity contribution is -0.121. The summed E-state index contributed by atoms with van der Waals surface area (Å²) in [4.78, 5) is 16.4. The quantitative estimate of drug-likeness (QED) is 0.736. The van der Waals surface area contributed by atoms with E-state index in [0.717, 1.165) is 29.8 Å². The van der Waals surface area contributed by atoms with Gasteiger partial charge >= 0.3 is 0 Å².